The van der Waals surface area contributed by atoms with Crippen LogP contribution in [0.1, 0.15) is 36.0 Å². The highest BCUT2D eigenvalue weighted by Gasteiger charge is 2.39. The molecule has 6 heteroatoms. The molecule has 0 bridgehead atoms. The van der Waals surface area contributed by atoms with Crippen molar-refractivity contribution in [3.63, 3.8) is 0 Å². The highest BCUT2D eigenvalue weighted by molar-refractivity contribution is 5.99. The molecule has 4 N–H and O–H groups in total. The summed E-state index contributed by atoms with van der Waals surface area (Å²) in [5.41, 5.74) is 6.21. The number of nitrogen functional groups attached to an aromatic ring is 1. The van der Waals surface area contributed by atoms with E-state index in [1.165, 1.54) is 7.11 Å². The van der Waals surface area contributed by atoms with E-state index in [1.54, 1.807) is 18.2 Å². The van der Waals surface area contributed by atoms with Crippen LogP contribution in [0.25, 0.3) is 0 Å². The Kier molecular flexibility index (Phi) is 4.35. The number of carboxylic acids is 1. The van der Waals surface area contributed by atoms with Crippen LogP contribution in [0.2, 0.25) is 0 Å². The molecule has 0 spiro atoms. The number of hydrogen-bond acceptors (Lipinski definition) is 4. The van der Waals surface area contributed by atoms with Gasteiger partial charge >= 0.3 is 5.97 Å². The summed E-state index contributed by atoms with van der Waals surface area (Å²) >= 11 is 0. The summed E-state index contributed by atoms with van der Waals surface area (Å²) in [5.74, 6) is -0.578. The third-order valence-corrected chi connectivity index (χ3v) is 4.07. The highest BCUT2D eigenvalue weighted by Crippen LogP contribution is 2.43. The predicted molar refractivity (Wildman–Crippen MR) is 78.3 cm³/mol. The molecule has 0 aromatic heterocycles. The van der Waals surface area contributed by atoms with Gasteiger partial charge in [0.1, 0.15) is 5.75 Å². The number of nitrogens with two attached hydrogens (primary N) is 1. The molecule has 1 aromatic carbocycles. The van der Waals surface area contributed by atoms with Crippen molar-refractivity contribution >= 4 is 17.6 Å². The summed E-state index contributed by atoms with van der Waals surface area (Å²) in [5, 5.41) is 11.8. The number of amides is 1. The van der Waals surface area contributed by atoms with E-state index >= 15 is 0 Å². The fraction of sp³-hybridized carbons (Fsp3) is 0.467. The summed E-state index contributed by atoms with van der Waals surface area (Å²) in [7, 11) is 1.52. The fourth-order valence-electron chi connectivity index (χ4n) is 2.64. The molecule has 0 unspecified atom stereocenters. The number of rotatable bonds is 6. The first-order chi connectivity index (χ1) is 9.96. The summed E-state index contributed by atoms with van der Waals surface area (Å²) in [6.07, 6.45) is 2.74. The standard InChI is InChI=1S/C15H20N2O4/c1-21-10-3-4-12(16)11(7-10)14(20)17-9-15(5-2-6-15)8-13(18)19/h3-4,7H,2,5-6,8-9,16H2,1H3,(H,17,20)(H,18,19). The quantitative estimate of drug-likeness (QED) is 0.692. The molecule has 21 heavy (non-hydrogen) atoms. The van der Waals surface area contributed by atoms with Crippen molar-refractivity contribution in [2.45, 2.75) is 25.7 Å². The molecule has 0 aliphatic heterocycles. The highest BCUT2D eigenvalue weighted by atomic mass is 16.5. The molecule has 0 radical (unpaired) electrons. The number of anilines is 1. The van der Waals surface area contributed by atoms with Gasteiger partial charge in [0.15, 0.2) is 0 Å². The topological polar surface area (TPSA) is 102 Å². The van der Waals surface area contributed by atoms with Gasteiger partial charge in [-0.2, -0.15) is 0 Å². The molecule has 114 valence electrons. The van der Waals surface area contributed by atoms with Gasteiger partial charge in [0.25, 0.3) is 5.91 Å². The lowest BCUT2D eigenvalue weighted by atomic mass is 9.66. The van der Waals surface area contributed by atoms with Gasteiger partial charge in [-0.05, 0) is 36.5 Å². The Labute approximate surface area is 123 Å². The van der Waals surface area contributed by atoms with E-state index in [0.29, 0.717) is 23.5 Å². The Balaban J connectivity index is 2.03. The first kappa shape index (κ1) is 15.2. The maximum Gasteiger partial charge on any atom is 0.303 e. The van der Waals surface area contributed by atoms with Crippen molar-refractivity contribution in [1.82, 2.24) is 5.32 Å². The minimum atomic E-state index is -0.829. The zero-order valence-electron chi connectivity index (χ0n) is 12.0. The van der Waals surface area contributed by atoms with E-state index in [-0.39, 0.29) is 17.7 Å². The molecule has 1 aromatic rings. The van der Waals surface area contributed by atoms with Crippen LogP contribution in [-0.2, 0) is 4.79 Å². The van der Waals surface area contributed by atoms with Crippen molar-refractivity contribution in [3.05, 3.63) is 23.8 Å². The second-order valence-electron chi connectivity index (χ2n) is 5.56. The minimum absolute atomic E-state index is 0.0842. The van der Waals surface area contributed by atoms with E-state index in [1.807, 2.05) is 0 Å². The molecule has 0 atom stereocenters. The molecule has 1 amide bonds. The average molecular weight is 292 g/mol. The van der Waals surface area contributed by atoms with Crippen LogP contribution >= 0.6 is 0 Å². The fourth-order valence-corrected chi connectivity index (χ4v) is 2.64. The van der Waals surface area contributed by atoms with Crippen molar-refractivity contribution in [2.75, 3.05) is 19.4 Å². The molecular weight excluding hydrogens is 272 g/mol. The van der Waals surface area contributed by atoms with Gasteiger partial charge < -0.3 is 20.9 Å². The summed E-state index contributed by atoms with van der Waals surface area (Å²) in [6.45, 7) is 0.356. The normalized spacial score (nSPS) is 15.9. The predicted octanol–water partition coefficient (Wildman–Crippen LogP) is 1.65. The van der Waals surface area contributed by atoms with E-state index in [2.05, 4.69) is 5.32 Å². The van der Waals surface area contributed by atoms with Crippen LogP contribution in [0.4, 0.5) is 5.69 Å². The molecule has 6 nitrogen and oxygen atoms in total. The molecule has 0 heterocycles. The second kappa shape index (κ2) is 6.03. The van der Waals surface area contributed by atoms with Gasteiger partial charge in [0.05, 0.1) is 19.1 Å². The molecule has 2 rings (SSSR count). The number of carboxylic acid groups (broad SMARTS) is 1. The van der Waals surface area contributed by atoms with Crippen molar-refractivity contribution in [3.8, 4) is 5.75 Å². The van der Waals surface area contributed by atoms with Crippen molar-refractivity contribution < 1.29 is 19.4 Å². The second-order valence-corrected chi connectivity index (χ2v) is 5.56. The Hall–Kier alpha value is -2.24. The lowest BCUT2D eigenvalue weighted by Crippen LogP contribution is -2.43. The van der Waals surface area contributed by atoms with E-state index in [4.69, 9.17) is 15.6 Å². The Morgan fingerprint density at radius 1 is 1.43 bits per heavy atom. The first-order valence-corrected chi connectivity index (χ1v) is 6.89. The Bertz CT molecular complexity index is 553. The molecule has 0 saturated heterocycles. The first-order valence-electron chi connectivity index (χ1n) is 6.89. The van der Waals surface area contributed by atoms with Gasteiger partial charge in [-0.1, -0.05) is 6.42 Å². The Morgan fingerprint density at radius 3 is 2.67 bits per heavy atom. The number of aliphatic carboxylic acids is 1. The minimum Gasteiger partial charge on any atom is -0.497 e. The number of hydrogen-bond donors (Lipinski definition) is 3. The van der Waals surface area contributed by atoms with Crippen LogP contribution < -0.4 is 15.8 Å². The number of carbonyl (C=O) groups is 2. The zero-order chi connectivity index (χ0) is 15.5. The maximum atomic E-state index is 12.2. The van der Waals surface area contributed by atoms with Crippen LogP contribution in [0, 0.1) is 5.41 Å². The number of carbonyl (C=O) groups excluding carboxylic acids is 1. The molecule has 1 saturated carbocycles. The third kappa shape index (κ3) is 3.45. The SMILES string of the molecule is COc1ccc(N)c(C(=O)NCC2(CC(=O)O)CCC2)c1. The van der Waals surface area contributed by atoms with Crippen LogP contribution in [0.15, 0.2) is 18.2 Å². The molecular formula is C15H20N2O4. The third-order valence-electron chi connectivity index (χ3n) is 4.07. The molecule has 1 aliphatic rings. The molecule has 1 fully saturated rings. The number of methoxy groups -OCH3 is 1. The van der Waals surface area contributed by atoms with Crippen LogP contribution in [-0.4, -0.2) is 30.6 Å². The van der Waals surface area contributed by atoms with Gasteiger partial charge in [0.2, 0.25) is 0 Å². The summed E-state index contributed by atoms with van der Waals surface area (Å²) in [6, 6.07) is 4.88. The van der Waals surface area contributed by atoms with Crippen LogP contribution in [0.3, 0.4) is 0 Å². The molecule has 1 aliphatic carbocycles. The van der Waals surface area contributed by atoms with Gasteiger partial charge in [0, 0.05) is 12.2 Å². The lowest BCUT2D eigenvalue weighted by Gasteiger charge is -2.40. The van der Waals surface area contributed by atoms with Crippen molar-refractivity contribution in [2.24, 2.45) is 5.41 Å². The smallest absolute Gasteiger partial charge is 0.303 e. The van der Waals surface area contributed by atoms with Crippen molar-refractivity contribution in [1.29, 1.82) is 0 Å². The maximum absolute atomic E-state index is 12.2. The summed E-state index contributed by atoms with van der Waals surface area (Å²) in [4.78, 5) is 23.1. The summed E-state index contributed by atoms with van der Waals surface area (Å²) < 4.78 is 5.08. The van der Waals surface area contributed by atoms with Crippen LogP contribution in [0.5, 0.6) is 5.75 Å². The van der Waals surface area contributed by atoms with Gasteiger partial charge in [-0.15, -0.1) is 0 Å². The zero-order valence-corrected chi connectivity index (χ0v) is 12.0. The monoisotopic (exact) mass is 292 g/mol. The van der Waals surface area contributed by atoms with Gasteiger partial charge in [-0.25, -0.2) is 0 Å². The van der Waals surface area contributed by atoms with E-state index in [9.17, 15) is 9.59 Å². The number of benzene rings is 1. The largest absolute Gasteiger partial charge is 0.497 e. The Morgan fingerprint density at radius 2 is 2.14 bits per heavy atom. The van der Waals surface area contributed by atoms with E-state index in [0.717, 1.165) is 19.3 Å². The van der Waals surface area contributed by atoms with Gasteiger partial charge in [-0.3, -0.25) is 9.59 Å². The number of ether oxygens (including phenoxy) is 1. The van der Waals surface area contributed by atoms with E-state index < -0.39 is 5.97 Å². The number of nitrogens with one attached hydrogen (secondary N) is 1. The average Bonchev–Trinajstić information content (AvgIpc) is 2.41. The lowest BCUT2D eigenvalue weighted by molar-refractivity contribution is -0.141.